The summed E-state index contributed by atoms with van der Waals surface area (Å²) in [4.78, 5) is 15.0. The molecule has 1 aliphatic heterocycles. The van der Waals surface area contributed by atoms with Crippen molar-refractivity contribution in [3.63, 3.8) is 0 Å². The van der Waals surface area contributed by atoms with Crippen LogP contribution in [0.2, 0.25) is 0 Å². The first-order chi connectivity index (χ1) is 7.75. The maximum Gasteiger partial charge on any atom is 0.356 e. The van der Waals surface area contributed by atoms with Crippen LogP contribution in [0.3, 0.4) is 0 Å². The lowest BCUT2D eigenvalue weighted by atomic mass is 10.2. The number of carboxylic acid groups (broad SMARTS) is 1. The van der Waals surface area contributed by atoms with Gasteiger partial charge in [0.25, 0.3) is 0 Å². The lowest BCUT2D eigenvalue weighted by molar-refractivity contribution is 0.0690. The summed E-state index contributed by atoms with van der Waals surface area (Å²) >= 11 is 0. The zero-order valence-corrected chi connectivity index (χ0v) is 8.47. The van der Waals surface area contributed by atoms with Gasteiger partial charge in [-0.15, -0.1) is 0 Å². The van der Waals surface area contributed by atoms with Gasteiger partial charge in [0, 0.05) is 12.1 Å². The topological polar surface area (TPSA) is 79.5 Å². The largest absolute Gasteiger partial charge is 0.476 e. The number of aryl methyl sites for hydroxylation is 1. The first kappa shape index (κ1) is 9.14. The summed E-state index contributed by atoms with van der Waals surface area (Å²) in [6, 6.07) is 0. The molecule has 0 atom stereocenters. The van der Waals surface area contributed by atoms with Crippen molar-refractivity contribution in [1.82, 2.24) is 14.6 Å². The summed E-state index contributed by atoms with van der Waals surface area (Å²) < 4.78 is 1.58. The number of aromatic nitrogens is 3. The fraction of sp³-hybridized carbons (Fsp3) is 0.300. The molecular formula is C10H10N4O2. The molecule has 0 unspecified atom stereocenters. The van der Waals surface area contributed by atoms with Crippen molar-refractivity contribution < 1.29 is 9.90 Å². The van der Waals surface area contributed by atoms with Crippen molar-refractivity contribution >= 4 is 17.3 Å². The minimum Gasteiger partial charge on any atom is -0.476 e. The minimum absolute atomic E-state index is 0.00606. The Morgan fingerprint density at radius 3 is 3.25 bits per heavy atom. The lowest BCUT2D eigenvalue weighted by Gasteiger charge is -2.05. The number of hydrogen-bond donors (Lipinski definition) is 2. The number of anilines is 1. The van der Waals surface area contributed by atoms with E-state index in [-0.39, 0.29) is 5.69 Å². The Hall–Kier alpha value is -2.11. The highest BCUT2D eigenvalue weighted by Crippen LogP contribution is 2.23. The molecule has 0 bridgehead atoms. The molecule has 0 aliphatic carbocycles. The second-order valence-corrected chi connectivity index (χ2v) is 3.77. The van der Waals surface area contributed by atoms with Gasteiger partial charge in [0.2, 0.25) is 0 Å². The van der Waals surface area contributed by atoms with Gasteiger partial charge >= 0.3 is 5.97 Å². The van der Waals surface area contributed by atoms with E-state index in [2.05, 4.69) is 15.4 Å². The van der Waals surface area contributed by atoms with Gasteiger partial charge in [0.05, 0.1) is 12.4 Å². The number of aromatic carboxylic acids is 1. The Morgan fingerprint density at radius 1 is 1.56 bits per heavy atom. The SMILES string of the molecule is O=C(O)c1cn2ncc3c2c(n1)NCCC3. The van der Waals surface area contributed by atoms with E-state index in [0.717, 1.165) is 30.5 Å². The summed E-state index contributed by atoms with van der Waals surface area (Å²) in [5, 5.41) is 16.2. The fourth-order valence-corrected chi connectivity index (χ4v) is 1.97. The molecule has 0 saturated heterocycles. The van der Waals surface area contributed by atoms with Gasteiger partial charge in [-0.05, 0) is 12.8 Å². The van der Waals surface area contributed by atoms with E-state index < -0.39 is 5.97 Å². The molecule has 0 spiro atoms. The predicted octanol–water partition coefficient (Wildman–Crippen LogP) is 0.786. The molecule has 6 heteroatoms. The van der Waals surface area contributed by atoms with Gasteiger partial charge in [0.1, 0.15) is 5.52 Å². The van der Waals surface area contributed by atoms with E-state index in [1.165, 1.54) is 6.20 Å². The van der Waals surface area contributed by atoms with E-state index in [9.17, 15) is 4.79 Å². The van der Waals surface area contributed by atoms with E-state index in [4.69, 9.17) is 5.11 Å². The van der Waals surface area contributed by atoms with Crippen LogP contribution in [0.5, 0.6) is 0 Å². The quantitative estimate of drug-likeness (QED) is 0.739. The molecular weight excluding hydrogens is 208 g/mol. The third-order valence-electron chi connectivity index (χ3n) is 2.71. The standard InChI is InChI=1S/C10H10N4O2/c15-10(16)7-5-14-8-6(4-12-14)2-1-3-11-9(8)13-7/h4-5H,1-3H2,(H,11,13)(H,15,16). The van der Waals surface area contributed by atoms with E-state index >= 15 is 0 Å². The summed E-state index contributed by atoms with van der Waals surface area (Å²) in [6.45, 7) is 0.806. The van der Waals surface area contributed by atoms with Crippen molar-refractivity contribution in [2.75, 3.05) is 11.9 Å². The average Bonchev–Trinajstić information content (AvgIpc) is 2.55. The highest BCUT2D eigenvalue weighted by molar-refractivity contribution is 5.87. The molecule has 82 valence electrons. The van der Waals surface area contributed by atoms with Gasteiger partial charge in [0.15, 0.2) is 11.5 Å². The van der Waals surface area contributed by atoms with Crippen LogP contribution in [0.25, 0.3) is 5.52 Å². The van der Waals surface area contributed by atoms with Crippen LogP contribution in [0.4, 0.5) is 5.82 Å². The third kappa shape index (κ3) is 1.23. The van der Waals surface area contributed by atoms with Crippen LogP contribution in [0.15, 0.2) is 12.4 Å². The minimum atomic E-state index is -1.04. The maximum absolute atomic E-state index is 10.9. The number of nitrogens with one attached hydrogen (secondary N) is 1. The highest BCUT2D eigenvalue weighted by Gasteiger charge is 2.17. The molecule has 0 aromatic carbocycles. The summed E-state index contributed by atoms with van der Waals surface area (Å²) in [5.74, 6) is -0.425. The Balaban J connectivity index is 2.32. The number of carboxylic acids is 1. The molecule has 16 heavy (non-hydrogen) atoms. The zero-order chi connectivity index (χ0) is 11.1. The second kappa shape index (κ2) is 3.19. The van der Waals surface area contributed by atoms with Crippen LogP contribution in [0, 0.1) is 0 Å². The van der Waals surface area contributed by atoms with Crippen LogP contribution < -0.4 is 5.32 Å². The van der Waals surface area contributed by atoms with Crippen molar-refractivity contribution in [1.29, 1.82) is 0 Å². The van der Waals surface area contributed by atoms with Crippen LogP contribution in [-0.4, -0.2) is 32.2 Å². The van der Waals surface area contributed by atoms with Gasteiger partial charge in [-0.3, -0.25) is 0 Å². The van der Waals surface area contributed by atoms with Crippen molar-refractivity contribution in [3.8, 4) is 0 Å². The van der Waals surface area contributed by atoms with Crippen LogP contribution in [-0.2, 0) is 6.42 Å². The van der Waals surface area contributed by atoms with Gasteiger partial charge in [-0.25, -0.2) is 14.3 Å². The number of carbonyl (C=O) groups is 1. The molecule has 2 aromatic heterocycles. The molecule has 6 nitrogen and oxygen atoms in total. The normalized spacial score (nSPS) is 14.5. The van der Waals surface area contributed by atoms with E-state index in [1.807, 2.05) is 0 Å². The molecule has 0 saturated carbocycles. The first-order valence-electron chi connectivity index (χ1n) is 5.10. The molecule has 3 rings (SSSR count). The predicted molar refractivity (Wildman–Crippen MR) is 56.8 cm³/mol. The number of nitrogens with zero attached hydrogens (tertiary/aromatic N) is 3. The maximum atomic E-state index is 10.9. The Kier molecular flexibility index (Phi) is 1.82. The zero-order valence-electron chi connectivity index (χ0n) is 8.47. The van der Waals surface area contributed by atoms with E-state index in [0.29, 0.717) is 5.82 Å². The molecule has 0 amide bonds. The Labute approximate surface area is 90.9 Å². The Morgan fingerprint density at radius 2 is 2.44 bits per heavy atom. The molecule has 2 aromatic rings. The van der Waals surface area contributed by atoms with Gasteiger partial charge < -0.3 is 10.4 Å². The summed E-state index contributed by atoms with van der Waals surface area (Å²) in [6.07, 6.45) is 5.16. The van der Waals surface area contributed by atoms with Crippen molar-refractivity contribution in [2.45, 2.75) is 12.8 Å². The monoisotopic (exact) mass is 218 g/mol. The second-order valence-electron chi connectivity index (χ2n) is 3.77. The van der Waals surface area contributed by atoms with Crippen molar-refractivity contribution in [2.24, 2.45) is 0 Å². The van der Waals surface area contributed by atoms with E-state index in [1.54, 1.807) is 10.7 Å². The molecule has 1 aliphatic rings. The van der Waals surface area contributed by atoms with Gasteiger partial charge in [-0.2, -0.15) is 5.10 Å². The molecule has 0 fully saturated rings. The average molecular weight is 218 g/mol. The fourth-order valence-electron chi connectivity index (χ4n) is 1.97. The van der Waals surface area contributed by atoms with Crippen LogP contribution >= 0.6 is 0 Å². The van der Waals surface area contributed by atoms with Crippen molar-refractivity contribution in [3.05, 3.63) is 23.7 Å². The lowest BCUT2D eigenvalue weighted by Crippen LogP contribution is -2.09. The number of rotatable bonds is 1. The van der Waals surface area contributed by atoms with Crippen LogP contribution in [0.1, 0.15) is 22.5 Å². The number of hydrogen-bond acceptors (Lipinski definition) is 4. The summed E-state index contributed by atoms with van der Waals surface area (Å²) in [5.41, 5.74) is 2.01. The smallest absolute Gasteiger partial charge is 0.356 e. The highest BCUT2D eigenvalue weighted by atomic mass is 16.4. The van der Waals surface area contributed by atoms with Gasteiger partial charge in [-0.1, -0.05) is 0 Å². The third-order valence-corrected chi connectivity index (χ3v) is 2.71. The molecule has 2 N–H and O–H groups in total. The Bertz CT molecular complexity index is 575. The summed E-state index contributed by atoms with van der Waals surface area (Å²) in [7, 11) is 0. The molecule has 0 radical (unpaired) electrons. The first-order valence-corrected chi connectivity index (χ1v) is 5.10. The molecule has 3 heterocycles.